The summed E-state index contributed by atoms with van der Waals surface area (Å²) in [6, 6.07) is 42.1. The molecular weight excluding hydrogens is 396 g/mol. The quantitative estimate of drug-likeness (QED) is 0.296. The Hall–Kier alpha value is -4.36. The summed E-state index contributed by atoms with van der Waals surface area (Å²) in [5, 5.41) is 10.8. The number of benzene rings is 4. The third kappa shape index (κ3) is 12.3. The number of isocyanates is 2. The van der Waals surface area contributed by atoms with Crippen LogP contribution in [0.5, 0.6) is 0 Å². The van der Waals surface area contributed by atoms with E-state index in [1.54, 1.807) is 0 Å². The molecule has 0 saturated carbocycles. The van der Waals surface area contributed by atoms with Crippen molar-refractivity contribution in [1.29, 1.82) is 10.8 Å². The first-order valence-electron chi connectivity index (χ1n) is 9.97. The van der Waals surface area contributed by atoms with E-state index in [1.807, 2.05) is 0 Å². The molecule has 0 aromatic heterocycles. The predicted octanol–water partition coefficient (Wildman–Crippen LogP) is 6.36. The van der Waals surface area contributed by atoms with Crippen molar-refractivity contribution in [2.24, 2.45) is 0 Å². The van der Waals surface area contributed by atoms with Gasteiger partial charge in [0.25, 0.3) is 0 Å². The van der Waals surface area contributed by atoms with Crippen LogP contribution >= 0.6 is 0 Å². The third-order valence-electron chi connectivity index (χ3n) is 4.19. The molecule has 0 aliphatic rings. The van der Waals surface area contributed by atoms with Crippen LogP contribution in [-0.4, -0.2) is 12.2 Å². The Balaban J connectivity index is 0.000000258. The largest absolute Gasteiger partial charge is 0.231 e. The van der Waals surface area contributed by atoms with Crippen molar-refractivity contribution in [2.75, 3.05) is 0 Å². The summed E-state index contributed by atoms with van der Waals surface area (Å²) < 4.78 is 0. The molecule has 4 aromatic rings. The minimum Gasteiger partial charge on any atom is -0.222 e. The Morgan fingerprint density at radius 2 is 0.562 bits per heavy atom. The van der Waals surface area contributed by atoms with Gasteiger partial charge < -0.3 is 0 Å². The van der Waals surface area contributed by atoms with E-state index in [4.69, 9.17) is 20.4 Å². The minimum atomic E-state index is 0.750. The molecule has 0 bridgehead atoms. The van der Waals surface area contributed by atoms with Crippen LogP contribution in [0.1, 0.15) is 22.3 Å². The summed E-state index contributed by atoms with van der Waals surface area (Å²) in [7, 11) is 0. The highest BCUT2D eigenvalue weighted by molar-refractivity contribution is 5.27. The molecule has 0 atom stereocenters. The number of rotatable bonds is 4. The molecular formula is C28H26N2O2. The van der Waals surface area contributed by atoms with Gasteiger partial charge >= 0.3 is 0 Å². The maximum absolute atomic E-state index is 8.35. The van der Waals surface area contributed by atoms with E-state index in [2.05, 4.69) is 121 Å². The van der Waals surface area contributed by atoms with Crippen LogP contribution in [0, 0.1) is 10.8 Å². The molecule has 4 heteroatoms. The molecule has 0 saturated heterocycles. The van der Waals surface area contributed by atoms with Gasteiger partial charge in [0.1, 0.15) is 0 Å². The SMILES string of the molecule is N=C=O.N=C=O.c1ccc(Cc2ccccc2)cc1.c1ccc(Cc2ccccc2)cc1. The van der Waals surface area contributed by atoms with Crippen molar-refractivity contribution in [3.05, 3.63) is 144 Å². The first kappa shape index (κ1) is 25.7. The maximum atomic E-state index is 8.35. The van der Waals surface area contributed by atoms with Gasteiger partial charge in [-0.1, -0.05) is 121 Å². The molecule has 0 fully saturated rings. The average Bonchev–Trinajstić information content (AvgIpc) is 2.83. The van der Waals surface area contributed by atoms with E-state index in [9.17, 15) is 0 Å². The fourth-order valence-corrected chi connectivity index (χ4v) is 2.85. The van der Waals surface area contributed by atoms with Crippen LogP contribution in [0.15, 0.2) is 121 Å². The van der Waals surface area contributed by atoms with E-state index in [0.29, 0.717) is 0 Å². The Morgan fingerprint density at radius 1 is 0.406 bits per heavy atom. The van der Waals surface area contributed by atoms with Gasteiger partial charge in [-0.25, -0.2) is 20.4 Å². The van der Waals surface area contributed by atoms with Crippen molar-refractivity contribution in [2.45, 2.75) is 12.8 Å². The maximum Gasteiger partial charge on any atom is 0.231 e. The molecule has 32 heavy (non-hydrogen) atoms. The van der Waals surface area contributed by atoms with Gasteiger partial charge in [-0.2, -0.15) is 0 Å². The molecule has 2 N–H and O–H groups in total. The summed E-state index contributed by atoms with van der Waals surface area (Å²) in [6.07, 6.45) is 3.56. The molecule has 4 nitrogen and oxygen atoms in total. The molecule has 4 rings (SSSR count). The molecule has 0 aliphatic heterocycles. The first-order valence-corrected chi connectivity index (χ1v) is 9.97. The fraction of sp³-hybridized carbons (Fsp3) is 0.0714. The second-order valence-corrected chi connectivity index (χ2v) is 6.50. The number of carbonyl (C=O) groups excluding carboxylic acids is 2. The van der Waals surface area contributed by atoms with Crippen molar-refractivity contribution >= 4 is 12.2 Å². The van der Waals surface area contributed by atoms with Crippen LogP contribution in [0.4, 0.5) is 0 Å². The first-order chi connectivity index (χ1) is 15.7. The number of hydrogen-bond acceptors (Lipinski definition) is 4. The average molecular weight is 423 g/mol. The lowest BCUT2D eigenvalue weighted by Gasteiger charge is -2.00. The molecule has 0 radical (unpaired) electrons. The van der Waals surface area contributed by atoms with Gasteiger partial charge in [0.05, 0.1) is 0 Å². The van der Waals surface area contributed by atoms with Gasteiger partial charge in [-0.15, -0.1) is 0 Å². The summed E-state index contributed by atoms with van der Waals surface area (Å²) in [5.41, 5.74) is 5.48. The number of hydrogen-bond donors (Lipinski definition) is 2. The Bertz CT molecular complexity index is 876. The minimum absolute atomic E-state index is 0.750. The molecule has 0 heterocycles. The van der Waals surface area contributed by atoms with Crippen LogP contribution in [-0.2, 0) is 22.4 Å². The van der Waals surface area contributed by atoms with E-state index in [1.165, 1.54) is 22.3 Å². The second-order valence-electron chi connectivity index (χ2n) is 6.50. The van der Waals surface area contributed by atoms with Gasteiger partial charge in [0, 0.05) is 0 Å². The smallest absolute Gasteiger partial charge is 0.222 e. The van der Waals surface area contributed by atoms with Crippen LogP contribution < -0.4 is 0 Å². The van der Waals surface area contributed by atoms with E-state index >= 15 is 0 Å². The van der Waals surface area contributed by atoms with Crippen molar-refractivity contribution in [3.8, 4) is 0 Å². The van der Waals surface area contributed by atoms with E-state index < -0.39 is 0 Å². The molecule has 4 aromatic carbocycles. The zero-order valence-electron chi connectivity index (χ0n) is 17.8. The Labute approximate surface area is 189 Å². The van der Waals surface area contributed by atoms with Gasteiger partial charge in [0.15, 0.2) is 0 Å². The molecule has 160 valence electrons. The lowest BCUT2D eigenvalue weighted by atomic mass is 10.1. The monoisotopic (exact) mass is 422 g/mol. The highest BCUT2D eigenvalue weighted by Crippen LogP contribution is 2.08. The topological polar surface area (TPSA) is 81.8 Å². The molecule has 0 spiro atoms. The van der Waals surface area contributed by atoms with E-state index in [-0.39, 0.29) is 0 Å². The fourth-order valence-electron chi connectivity index (χ4n) is 2.85. The van der Waals surface area contributed by atoms with Crippen LogP contribution in [0.3, 0.4) is 0 Å². The molecule has 0 aliphatic carbocycles. The van der Waals surface area contributed by atoms with Gasteiger partial charge in [-0.05, 0) is 35.1 Å². The normalized spacial score (nSPS) is 8.50. The van der Waals surface area contributed by atoms with Crippen LogP contribution in [0.2, 0.25) is 0 Å². The molecule has 0 amide bonds. The van der Waals surface area contributed by atoms with Crippen molar-refractivity contribution in [3.63, 3.8) is 0 Å². The summed E-state index contributed by atoms with van der Waals surface area (Å²) in [6.45, 7) is 0. The lowest BCUT2D eigenvalue weighted by molar-refractivity contribution is 0.562. The van der Waals surface area contributed by atoms with Gasteiger partial charge in [0.2, 0.25) is 12.2 Å². The van der Waals surface area contributed by atoms with Crippen LogP contribution in [0.25, 0.3) is 0 Å². The highest BCUT2D eigenvalue weighted by atomic mass is 16.1. The highest BCUT2D eigenvalue weighted by Gasteiger charge is 1.93. The van der Waals surface area contributed by atoms with Crippen molar-refractivity contribution < 1.29 is 9.59 Å². The summed E-state index contributed by atoms with van der Waals surface area (Å²) >= 11 is 0. The summed E-state index contributed by atoms with van der Waals surface area (Å²) in [5.74, 6) is 0. The summed E-state index contributed by atoms with van der Waals surface area (Å²) in [4.78, 5) is 16.7. The Morgan fingerprint density at radius 3 is 0.719 bits per heavy atom. The predicted molar refractivity (Wildman–Crippen MR) is 128 cm³/mol. The second kappa shape index (κ2) is 17.5. The molecule has 0 unspecified atom stereocenters. The van der Waals surface area contributed by atoms with Gasteiger partial charge in [-0.3, -0.25) is 0 Å². The number of nitrogens with one attached hydrogen (secondary N) is 2. The Kier molecular flexibility index (Phi) is 14.0. The van der Waals surface area contributed by atoms with Crippen molar-refractivity contribution in [1.82, 2.24) is 0 Å². The zero-order valence-corrected chi connectivity index (χ0v) is 17.8. The van der Waals surface area contributed by atoms with E-state index in [0.717, 1.165) is 25.0 Å². The third-order valence-corrected chi connectivity index (χ3v) is 4.19. The lowest BCUT2D eigenvalue weighted by Crippen LogP contribution is -1.85. The standard InChI is InChI=1S/2C13H12.2CHNO/c2*1-3-7-12(8-4-1)11-13-9-5-2-6-10-13;2*2-1-3/h2*1-10H,11H2;2*2H. The zero-order chi connectivity index (χ0) is 23.3.